The van der Waals surface area contributed by atoms with Gasteiger partial charge in [0.25, 0.3) is 0 Å². The fourth-order valence-corrected chi connectivity index (χ4v) is 2.11. The van der Waals surface area contributed by atoms with Crippen LogP contribution in [0.15, 0.2) is 36.9 Å². The van der Waals surface area contributed by atoms with E-state index in [-0.39, 0.29) is 0 Å². The summed E-state index contributed by atoms with van der Waals surface area (Å²) in [7, 11) is 0. The quantitative estimate of drug-likeness (QED) is 0.748. The molecule has 5 heteroatoms. The molecule has 3 aromatic rings. The van der Waals surface area contributed by atoms with E-state index in [2.05, 4.69) is 56.4 Å². The predicted octanol–water partition coefficient (Wildman–Crippen LogP) is 2.32. The third-order valence-electron chi connectivity index (χ3n) is 3.17. The van der Waals surface area contributed by atoms with Gasteiger partial charge in [0, 0.05) is 6.54 Å². The molecule has 0 aliphatic rings. The number of aryl methyl sites for hydroxylation is 1. The second kappa shape index (κ2) is 5.06. The fraction of sp³-hybridized carbons (Fsp3) is 0.214. The summed E-state index contributed by atoms with van der Waals surface area (Å²) in [5, 5.41) is 3.33. The van der Waals surface area contributed by atoms with Crippen molar-refractivity contribution >= 4 is 17.0 Å². The van der Waals surface area contributed by atoms with E-state index in [4.69, 9.17) is 0 Å². The summed E-state index contributed by atoms with van der Waals surface area (Å²) >= 11 is 0. The van der Waals surface area contributed by atoms with Crippen molar-refractivity contribution in [3.8, 4) is 0 Å². The number of aromatic nitrogens is 4. The van der Waals surface area contributed by atoms with Crippen LogP contribution in [-0.4, -0.2) is 26.5 Å². The van der Waals surface area contributed by atoms with Crippen LogP contribution in [0.2, 0.25) is 0 Å². The number of H-pyrrole nitrogens is 1. The average Bonchev–Trinajstić information content (AvgIpc) is 2.90. The first-order valence-electron chi connectivity index (χ1n) is 6.27. The van der Waals surface area contributed by atoms with E-state index >= 15 is 0 Å². The molecule has 0 spiro atoms. The summed E-state index contributed by atoms with van der Waals surface area (Å²) in [6.45, 7) is 2.96. The monoisotopic (exact) mass is 253 g/mol. The second-order valence-corrected chi connectivity index (χ2v) is 4.43. The smallest absolute Gasteiger partial charge is 0.182 e. The van der Waals surface area contributed by atoms with E-state index in [1.54, 1.807) is 6.33 Å². The molecule has 0 aliphatic carbocycles. The minimum absolute atomic E-state index is 0.688. The number of hydrogen-bond acceptors (Lipinski definition) is 4. The van der Waals surface area contributed by atoms with Crippen LogP contribution in [0.5, 0.6) is 0 Å². The molecular formula is C14H15N5. The van der Waals surface area contributed by atoms with Crippen LogP contribution >= 0.6 is 0 Å². The Balaban J connectivity index is 1.70. The summed E-state index contributed by atoms with van der Waals surface area (Å²) in [5.41, 5.74) is 4.21. The number of imidazole rings is 1. The molecule has 96 valence electrons. The van der Waals surface area contributed by atoms with E-state index in [0.717, 1.165) is 24.3 Å². The Morgan fingerprint density at radius 2 is 2.05 bits per heavy atom. The van der Waals surface area contributed by atoms with Gasteiger partial charge in [0.15, 0.2) is 11.5 Å². The topological polar surface area (TPSA) is 66.5 Å². The lowest BCUT2D eigenvalue weighted by atomic mass is 10.1. The molecule has 3 rings (SSSR count). The van der Waals surface area contributed by atoms with Crippen LogP contribution in [0.4, 0.5) is 5.82 Å². The van der Waals surface area contributed by atoms with Crippen molar-refractivity contribution < 1.29 is 0 Å². The molecular weight excluding hydrogens is 238 g/mol. The highest BCUT2D eigenvalue weighted by Crippen LogP contribution is 2.14. The summed E-state index contributed by atoms with van der Waals surface area (Å²) in [6.07, 6.45) is 4.12. The highest BCUT2D eigenvalue weighted by atomic mass is 15.1. The lowest BCUT2D eigenvalue weighted by molar-refractivity contribution is 0.992. The number of anilines is 1. The minimum Gasteiger partial charge on any atom is -0.368 e. The maximum atomic E-state index is 4.24. The number of hydrogen-bond donors (Lipinski definition) is 2. The van der Waals surface area contributed by atoms with Gasteiger partial charge >= 0.3 is 0 Å². The molecule has 0 amide bonds. The number of rotatable bonds is 4. The average molecular weight is 253 g/mol. The van der Waals surface area contributed by atoms with E-state index in [1.807, 2.05) is 0 Å². The molecule has 0 atom stereocenters. The number of fused-ring (bicyclic) bond motifs is 1. The van der Waals surface area contributed by atoms with Gasteiger partial charge in [-0.1, -0.05) is 24.3 Å². The van der Waals surface area contributed by atoms with Crippen LogP contribution in [-0.2, 0) is 6.42 Å². The van der Waals surface area contributed by atoms with Crippen LogP contribution < -0.4 is 5.32 Å². The third kappa shape index (κ3) is 2.40. The van der Waals surface area contributed by atoms with Gasteiger partial charge in [0.05, 0.1) is 6.33 Å². The molecule has 1 aromatic carbocycles. The number of aromatic amines is 1. The Morgan fingerprint density at radius 1 is 1.16 bits per heavy atom. The normalized spacial score (nSPS) is 10.8. The van der Waals surface area contributed by atoms with Crippen molar-refractivity contribution in [2.75, 3.05) is 11.9 Å². The molecule has 19 heavy (non-hydrogen) atoms. The van der Waals surface area contributed by atoms with Crippen molar-refractivity contribution in [2.45, 2.75) is 13.3 Å². The lowest BCUT2D eigenvalue weighted by Crippen LogP contribution is -2.07. The standard InChI is InChI=1S/C14H15N5/c1-10-4-2-3-5-11(10)6-7-15-13-12-14(17-8-16-12)19-9-18-13/h2-5,8-9H,6-7H2,1H3,(H2,15,16,17,18,19). The van der Waals surface area contributed by atoms with Gasteiger partial charge in [-0.2, -0.15) is 0 Å². The first kappa shape index (κ1) is 11.6. The maximum absolute atomic E-state index is 4.24. The van der Waals surface area contributed by atoms with E-state index < -0.39 is 0 Å². The first-order valence-corrected chi connectivity index (χ1v) is 6.27. The molecule has 0 radical (unpaired) electrons. The Morgan fingerprint density at radius 3 is 2.95 bits per heavy atom. The summed E-state index contributed by atoms with van der Waals surface area (Å²) < 4.78 is 0. The third-order valence-corrected chi connectivity index (χ3v) is 3.17. The summed E-state index contributed by atoms with van der Waals surface area (Å²) in [4.78, 5) is 15.5. The molecule has 2 N–H and O–H groups in total. The van der Waals surface area contributed by atoms with Crippen molar-refractivity contribution in [1.29, 1.82) is 0 Å². The molecule has 2 aromatic heterocycles. The van der Waals surface area contributed by atoms with Crippen LogP contribution in [0.25, 0.3) is 11.2 Å². The van der Waals surface area contributed by atoms with Crippen LogP contribution in [0.1, 0.15) is 11.1 Å². The predicted molar refractivity (Wildman–Crippen MR) is 75.1 cm³/mol. The second-order valence-electron chi connectivity index (χ2n) is 4.43. The van der Waals surface area contributed by atoms with Gasteiger partial charge in [-0.25, -0.2) is 15.0 Å². The van der Waals surface area contributed by atoms with Gasteiger partial charge in [-0.15, -0.1) is 0 Å². The van der Waals surface area contributed by atoms with E-state index in [1.165, 1.54) is 17.5 Å². The molecule has 0 aliphatic heterocycles. The summed E-state index contributed by atoms with van der Waals surface area (Å²) in [6, 6.07) is 8.42. The van der Waals surface area contributed by atoms with Gasteiger partial charge < -0.3 is 10.3 Å². The Labute approximate surface area is 111 Å². The fourth-order valence-electron chi connectivity index (χ4n) is 2.11. The summed E-state index contributed by atoms with van der Waals surface area (Å²) in [5.74, 6) is 0.802. The first-order chi connectivity index (χ1) is 9.34. The van der Waals surface area contributed by atoms with Crippen molar-refractivity contribution in [1.82, 2.24) is 19.9 Å². The number of nitrogens with one attached hydrogen (secondary N) is 2. The molecule has 2 heterocycles. The number of nitrogens with zero attached hydrogens (tertiary/aromatic N) is 3. The number of benzene rings is 1. The minimum atomic E-state index is 0.688. The molecule has 0 unspecified atom stereocenters. The van der Waals surface area contributed by atoms with Crippen molar-refractivity contribution in [3.63, 3.8) is 0 Å². The zero-order valence-electron chi connectivity index (χ0n) is 10.7. The molecule has 0 saturated heterocycles. The Bertz CT molecular complexity index is 689. The van der Waals surface area contributed by atoms with Gasteiger partial charge in [-0.05, 0) is 24.5 Å². The van der Waals surface area contributed by atoms with Crippen molar-refractivity contribution in [3.05, 3.63) is 48.0 Å². The zero-order valence-corrected chi connectivity index (χ0v) is 10.7. The molecule has 5 nitrogen and oxygen atoms in total. The maximum Gasteiger partial charge on any atom is 0.182 e. The highest BCUT2D eigenvalue weighted by Gasteiger charge is 2.05. The molecule has 0 saturated carbocycles. The largest absolute Gasteiger partial charge is 0.368 e. The molecule has 0 fully saturated rings. The lowest BCUT2D eigenvalue weighted by Gasteiger charge is -2.07. The SMILES string of the molecule is Cc1ccccc1CCNc1ncnc2nc[nH]c12. The zero-order chi connectivity index (χ0) is 13.1. The van der Waals surface area contributed by atoms with E-state index in [0.29, 0.717) is 5.65 Å². The highest BCUT2D eigenvalue weighted by molar-refractivity contribution is 5.81. The van der Waals surface area contributed by atoms with E-state index in [9.17, 15) is 0 Å². The van der Waals surface area contributed by atoms with Crippen LogP contribution in [0.3, 0.4) is 0 Å². The van der Waals surface area contributed by atoms with Gasteiger partial charge in [-0.3, -0.25) is 0 Å². The Kier molecular flexibility index (Phi) is 3.10. The Hall–Kier alpha value is -2.43. The van der Waals surface area contributed by atoms with Gasteiger partial charge in [0.2, 0.25) is 0 Å². The van der Waals surface area contributed by atoms with Crippen LogP contribution in [0, 0.1) is 6.92 Å². The molecule has 0 bridgehead atoms. The van der Waals surface area contributed by atoms with Crippen molar-refractivity contribution in [2.24, 2.45) is 0 Å². The van der Waals surface area contributed by atoms with Gasteiger partial charge in [0.1, 0.15) is 11.8 Å².